The highest BCUT2D eigenvalue weighted by Gasteiger charge is 2.13. The van der Waals surface area contributed by atoms with Gasteiger partial charge in [0.25, 0.3) is 0 Å². The van der Waals surface area contributed by atoms with Crippen molar-refractivity contribution in [1.29, 1.82) is 0 Å². The molecule has 1 atom stereocenters. The molecule has 1 saturated heterocycles. The summed E-state index contributed by atoms with van der Waals surface area (Å²) in [4.78, 5) is 4.16. The number of pyridine rings is 1. The second-order valence-electron chi connectivity index (χ2n) is 3.52. The zero-order chi connectivity index (χ0) is 9.80. The summed E-state index contributed by atoms with van der Waals surface area (Å²) in [6.07, 6.45) is 4.34. The van der Waals surface area contributed by atoms with Crippen molar-refractivity contribution in [3.05, 3.63) is 22.9 Å². The van der Waals surface area contributed by atoms with E-state index in [2.05, 4.69) is 31.5 Å². The van der Waals surface area contributed by atoms with Gasteiger partial charge in [-0.1, -0.05) is 0 Å². The van der Waals surface area contributed by atoms with E-state index in [0.29, 0.717) is 6.04 Å². The van der Waals surface area contributed by atoms with Crippen LogP contribution >= 0.6 is 15.9 Å². The van der Waals surface area contributed by atoms with Crippen LogP contribution in [0.2, 0.25) is 0 Å². The van der Waals surface area contributed by atoms with Gasteiger partial charge in [-0.3, -0.25) is 0 Å². The molecule has 1 aliphatic rings. The van der Waals surface area contributed by atoms with E-state index in [1.54, 1.807) is 6.20 Å². The van der Waals surface area contributed by atoms with Gasteiger partial charge in [0.05, 0.1) is 5.69 Å². The summed E-state index contributed by atoms with van der Waals surface area (Å²) in [5.41, 5.74) is 1.07. The van der Waals surface area contributed by atoms with Crippen molar-refractivity contribution < 1.29 is 0 Å². The van der Waals surface area contributed by atoms with Crippen molar-refractivity contribution >= 4 is 21.6 Å². The summed E-state index contributed by atoms with van der Waals surface area (Å²) in [6, 6.07) is 4.59. The van der Waals surface area contributed by atoms with E-state index >= 15 is 0 Å². The lowest BCUT2D eigenvalue weighted by molar-refractivity contribution is 0.633. The Morgan fingerprint density at radius 1 is 1.64 bits per heavy atom. The summed E-state index contributed by atoms with van der Waals surface area (Å²) in [7, 11) is 0. The van der Waals surface area contributed by atoms with Crippen molar-refractivity contribution in [2.75, 3.05) is 18.4 Å². The molecule has 0 spiro atoms. The summed E-state index contributed by atoms with van der Waals surface area (Å²) >= 11 is 3.41. The van der Waals surface area contributed by atoms with Gasteiger partial charge in [-0.15, -0.1) is 0 Å². The lowest BCUT2D eigenvalue weighted by Crippen LogP contribution is -2.29. The molecule has 0 bridgehead atoms. The lowest BCUT2D eigenvalue weighted by atomic mass is 10.2. The van der Waals surface area contributed by atoms with Crippen LogP contribution in [0.25, 0.3) is 0 Å². The Balaban J connectivity index is 1.88. The fraction of sp³-hybridized carbons (Fsp3) is 0.500. The summed E-state index contributed by atoms with van der Waals surface area (Å²) in [5.74, 6) is 0. The van der Waals surface area contributed by atoms with Crippen LogP contribution in [0.15, 0.2) is 22.9 Å². The van der Waals surface area contributed by atoms with E-state index in [1.807, 2.05) is 12.1 Å². The Hall–Kier alpha value is -0.610. The largest absolute Gasteiger partial charge is 0.381 e. The van der Waals surface area contributed by atoms with Gasteiger partial charge < -0.3 is 10.6 Å². The molecule has 2 rings (SSSR count). The normalized spacial score (nSPS) is 21.1. The molecule has 1 fully saturated rings. The van der Waals surface area contributed by atoms with E-state index in [0.717, 1.165) is 23.4 Å². The molecule has 3 nitrogen and oxygen atoms in total. The highest BCUT2D eigenvalue weighted by atomic mass is 79.9. The molecule has 0 amide bonds. The molecule has 0 radical (unpaired) electrons. The maximum absolute atomic E-state index is 4.16. The van der Waals surface area contributed by atoms with Crippen molar-refractivity contribution in [3.63, 3.8) is 0 Å². The smallest absolute Gasteiger partial charge is 0.129 e. The van der Waals surface area contributed by atoms with Crippen LogP contribution in [0.5, 0.6) is 0 Å². The van der Waals surface area contributed by atoms with Crippen molar-refractivity contribution in [2.45, 2.75) is 18.9 Å². The first-order valence-electron chi connectivity index (χ1n) is 4.94. The van der Waals surface area contributed by atoms with Gasteiger partial charge in [0.2, 0.25) is 0 Å². The molecule has 0 saturated carbocycles. The van der Waals surface area contributed by atoms with Gasteiger partial charge in [0, 0.05) is 18.8 Å². The van der Waals surface area contributed by atoms with Gasteiger partial charge >= 0.3 is 0 Å². The minimum atomic E-state index is 0.613. The molecular weight excluding hydrogens is 242 g/mol. The van der Waals surface area contributed by atoms with Crippen LogP contribution in [-0.4, -0.2) is 24.1 Å². The average molecular weight is 256 g/mol. The third-order valence-electron chi connectivity index (χ3n) is 2.46. The first kappa shape index (κ1) is 9.93. The monoisotopic (exact) mass is 255 g/mol. The van der Waals surface area contributed by atoms with Crippen molar-refractivity contribution in [2.24, 2.45) is 0 Å². The van der Waals surface area contributed by atoms with E-state index in [-0.39, 0.29) is 0 Å². The lowest BCUT2D eigenvalue weighted by Gasteiger charge is -2.12. The fourth-order valence-corrected chi connectivity index (χ4v) is 2.07. The topological polar surface area (TPSA) is 37.0 Å². The highest BCUT2D eigenvalue weighted by Crippen LogP contribution is 2.18. The Kier molecular flexibility index (Phi) is 3.37. The van der Waals surface area contributed by atoms with Gasteiger partial charge in [-0.2, -0.15) is 0 Å². The second-order valence-corrected chi connectivity index (χ2v) is 4.27. The first-order chi connectivity index (χ1) is 6.86. The number of rotatable bonds is 3. The molecule has 76 valence electrons. The molecule has 1 unspecified atom stereocenters. The number of nitrogens with one attached hydrogen (secondary N) is 2. The standard InChI is InChI=1S/C10H14BrN3/c11-10-9(4-2-6-13-10)14-7-8-3-1-5-12-8/h2,4,6,8,12,14H,1,3,5,7H2. The maximum Gasteiger partial charge on any atom is 0.129 e. The Labute approximate surface area is 92.4 Å². The Bertz CT molecular complexity index is 297. The predicted molar refractivity (Wildman–Crippen MR) is 61.5 cm³/mol. The Morgan fingerprint density at radius 2 is 2.57 bits per heavy atom. The second kappa shape index (κ2) is 4.75. The van der Waals surface area contributed by atoms with Crippen molar-refractivity contribution in [3.8, 4) is 0 Å². The van der Waals surface area contributed by atoms with E-state index < -0.39 is 0 Å². The minimum Gasteiger partial charge on any atom is -0.381 e. The molecule has 1 aromatic heterocycles. The molecular formula is C10H14BrN3. The van der Waals surface area contributed by atoms with E-state index in [4.69, 9.17) is 0 Å². The quantitative estimate of drug-likeness (QED) is 0.812. The maximum atomic E-state index is 4.16. The molecule has 1 aromatic rings. The highest BCUT2D eigenvalue weighted by molar-refractivity contribution is 9.10. The number of hydrogen-bond acceptors (Lipinski definition) is 3. The number of hydrogen-bond donors (Lipinski definition) is 2. The van der Waals surface area contributed by atoms with Gasteiger partial charge in [0.15, 0.2) is 0 Å². The van der Waals surface area contributed by atoms with Crippen LogP contribution in [0.3, 0.4) is 0 Å². The van der Waals surface area contributed by atoms with E-state index in [9.17, 15) is 0 Å². The van der Waals surface area contributed by atoms with Crippen LogP contribution in [0.4, 0.5) is 5.69 Å². The summed E-state index contributed by atoms with van der Waals surface area (Å²) < 4.78 is 0.887. The fourth-order valence-electron chi connectivity index (χ4n) is 1.68. The third-order valence-corrected chi connectivity index (χ3v) is 3.09. The van der Waals surface area contributed by atoms with Crippen LogP contribution < -0.4 is 10.6 Å². The molecule has 0 aromatic carbocycles. The van der Waals surface area contributed by atoms with Crippen LogP contribution in [0.1, 0.15) is 12.8 Å². The van der Waals surface area contributed by atoms with Gasteiger partial charge in [-0.25, -0.2) is 4.98 Å². The molecule has 0 aliphatic carbocycles. The number of nitrogens with zero attached hydrogens (tertiary/aromatic N) is 1. The zero-order valence-electron chi connectivity index (χ0n) is 7.96. The van der Waals surface area contributed by atoms with Gasteiger partial charge in [-0.05, 0) is 47.4 Å². The first-order valence-corrected chi connectivity index (χ1v) is 5.73. The number of halogens is 1. The van der Waals surface area contributed by atoms with Gasteiger partial charge in [0.1, 0.15) is 4.60 Å². The van der Waals surface area contributed by atoms with Crippen molar-refractivity contribution in [1.82, 2.24) is 10.3 Å². The minimum absolute atomic E-state index is 0.613. The summed E-state index contributed by atoms with van der Waals surface area (Å²) in [5, 5.41) is 6.83. The molecule has 2 heterocycles. The molecule has 14 heavy (non-hydrogen) atoms. The molecule has 4 heteroatoms. The number of aromatic nitrogens is 1. The van der Waals surface area contributed by atoms with Crippen LogP contribution in [-0.2, 0) is 0 Å². The van der Waals surface area contributed by atoms with Crippen LogP contribution in [0, 0.1) is 0 Å². The predicted octanol–water partition coefficient (Wildman–Crippen LogP) is 2.01. The Morgan fingerprint density at radius 3 is 3.29 bits per heavy atom. The molecule has 2 N–H and O–H groups in total. The third kappa shape index (κ3) is 2.45. The average Bonchev–Trinajstić information content (AvgIpc) is 2.69. The zero-order valence-corrected chi connectivity index (χ0v) is 9.55. The number of anilines is 1. The molecule has 1 aliphatic heterocycles. The SMILES string of the molecule is Brc1ncccc1NCC1CCCN1. The van der Waals surface area contributed by atoms with E-state index in [1.165, 1.54) is 12.8 Å². The summed E-state index contributed by atoms with van der Waals surface area (Å²) in [6.45, 7) is 2.13.